The third-order valence-corrected chi connectivity index (χ3v) is 3.66. The number of H-pyrrole nitrogens is 1. The van der Waals surface area contributed by atoms with Crippen LogP contribution >= 0.6 is 0 Å². The van der Waals surface area contributed by atoms with Crippen molar-refractivity contribution in [3.63, 3.8) is 0 Å². The lowest BCUT2D eigenvalue weighted by Gasteiger charge is -2.14. The number of hydrogen-bond donors (Lipinski definition) is 2. The Balaban J connectivity index is 1.69. The molecular formula is C13H20N6. The Morgan fingerprint density at radius 2 is 2.32 bits per heavy atom. The summed E-state index contributed by atoms with van der Waals surface area (Å²) in [7, 11) is 0. The molecule has 1 aliphatic rings. The number of nitrogens with zero attached hydrogens (tertiary/aromatic N) is 4. The molecule has 3 rings (SSSR count). The van der Waals surface area contributed by atoms with E-state index in [0.29, 0.717) is 0 Å². The Morgan fingerprint density at radius 1 is 1.37 bits per heavy atom. The van der Waals surface area contributed by atoms with Gasteiger partial charge < -0.3 is 14.9 Å². The average molecular weight is 260 g/mol. The highest BCUT2D eigenvalue weighted by Gasteiger charge is 2.18. The van der Waals surface area contributed by atoms with E-state index in [1.165, 1.54) is 19.3 Å². The first kappa shape index (κ1) is 12.3. The molecule has 0 fully saturated rings. The molecule has 0 amide bonds. The fourth-order valence-corrected chi connectivity index (χ4v) is 2.56. The van der Waals surface area contributed by atoms with Crippen molar-refractivity contribution in [2.24, 2.45) is 0 Å². The van der Waals surface area contributed by atoms with E-state index in [1.54, 1.807) is 6.20 Å². The second kappa shape index (κ2) is 5.52. The van der Waals surface area contributed by atoms with Crippen LogP contribution in [0, 0.1) is 0 Å². The normalized spacial score (nSPS) is 16.9. The van der Waals surface area contributed by atoms with Crippen molar-refractivity contribution in [3.8, 4) is 0 Å². The van der Waals surface area contributed by atoms with Crippen LogP contribution < -0.4 is 5.32 Å². The Hall–Kier alpha value is -1.69. The highest BCUT2D eigenvalue weighted by atomic mass is 15.3. The SMILES string of the molecule is CC(NCc1ncc[nH]1)c1nnc2n1CCCCC2. The second-order valence-electron chi connectivity index (χ2n) is 5.08. The van der Waals surface area contributed by atoms with Gasteiger partial charge in [0, 0.05) is 25.4 Å². The number of rotatable bonds is 4. The minimum atomic E-state index is 0.185. The summed E-state index contributed by atoms with van der Waals surface area (Å²) in [5.41, 5.74) is 0. The van der Waals surface area contributed by atoms with Gasteiger partial charge in [-0.05, 0) is 19.8 Å². The number of aromatic nitrogens is 5. The molecule has 0 bridgehead atoms. The van der Waals surface area contributed by atoms with Crippen molar-refractivity contribution >= 4 is 0 Å². The van der Waals surface area contributed by atoms with E-state index < -0.39 is 0 Å². The third-order valence-electron chi connectivity index (χ3n) is 3.66. The Kier molecular flexibility index (Phi) is 3.59. The minimum Gasteiger partial charge on any atom is -0.348 e. The minimum absolute atomic E-state index is 0.185. The van der Waals surface area contributed by atoms with Gasteiger partial charge >= 0.3 is 0 Å². The van der Waals surface area contributed by atoms with E-state index >= 15 is 0 Å². The Morgan fingerprint density at radius 3 is 3.16 bits per heavy atom. The lowest BCUT2D eigenvalue weighted by Crippen LogP contribution is -2.22. The van der Waals surface area contributed by atoms with Crippen LogP contribution in [0.1, 0.15) is 49.7 Å². The monoisotopic (exact) mass is 260 g/mol. The molecule has 19 heavy (non-hydrogen) atoms. The molecule has 1 aliphatic heterocycles. The summed E-state index contributed by atoms with van der Waals surface area (Å²) in [6, 6.07) is 0.185. The van der Waals surface area contributed by atoms with Gasteiger partial charge in [0.25, 0.3) is 0 Å². The molecule has 0 aromatic carbocycles. The molecule has 0 radical (unpaired) electrons. The number of nitrogens with one attached hydrogen (secondary N) is 2. The zero-order chi connectivity index (χ0) is 13.1. The Labute approximate surface area is 112 Å². The van der Waals surface area contributed by atoms with Gasteiger partial charge in [-0.25, -0.2) is 4.98 Å². The summed E-state index contributed by atoms with van der Waals surface area (Å²) in [4.78, 5) is 7.30. The first-order valence-electron chi connectivity index (χ1n) is 6.98. The van der Waals surface area contributed by atoms with Gasteiger partial charge in [-0.3, -0.25) is 0 Å². The lowest BCUT2D eigenvalue weighted by atomic mass is 10.2. The van der Waals surface area contributed by atoms with Crippen molar-refractivity contribution < 1.29 is 0 Å². The van der Waals surface area contributed by atoms with E-state index in [2.05, 4.69) is 37.0 Å². The standard InChI is InChI=1S/C13H20N6/c1-10(16-9-11-14-6-7-15-11)13-18-17-12-5-3-2-4-8-19(12)13/h6-7,10,16H,2-5,8-9H2,1H3,(H,14,15). The van der Waals surface area contributed by atoms with Crippen LogP contribution in [0.4, 0.5) is 0 Å². The molecule has 6 nitrogen and oxygen atoms in total. The smallest absolute Gasteiger partial charge is 0.149 e. The van der Waals surface area contributed by atoms with Crippen LogP contribution in [-0.4, -0.2) is 24.7 Å². The number of imidazole rings is 1. The maximum atomic E-state index is 4.36. The molecular weight excluding hydrogens is 240 g/mol. The molecule has 0 saturated carbocycles. The molecule has 1 unspecified atom stereocenters. The van der Waals surface area contributed by atoms with Crippen LogP contribution in [0.3, 0.4) is 0 Å². The van der Waals surface area contributed by atoms with Crippen molar-refractivity contribution in [1.29, 1.82) is 0 Å². The molecule has 0 saturated heterocycles. The number of aryl methyl sites for hydroxylation is 1. The van der Waals surface area contributed by atoms with Crippen molar-refractivity contribution in [3.05, 3.63) is 29.9 Å². The van der Waals surface area contributed by atoms with Crippen molar-refractivity contribution in [2.45, 2.75) is 51.7 Å². The highest BCUT2D eigenvalue weighted by Crippen LogP contribution is 2.18. The van der Waals surface area contributed by atoms with Crippen LogP contribution in [0.2, 0.25) is 0 Å². The molecule has 0 spiro atoms. The molecule has 6 heteroatoms. The molecule has 2 N–H and O–H groups in total. The van der Waals surface area contributed by atoms with Crippen LogP contribution in [0.25, 0.3) is 0 Å². The first-order valence-corrected chi connectivity index (χ1v) is 6.98. The van der Waals surface area contributed by atoms with E-state index in [-0.39, 0.29) is 6.04 Å². The van der Waals surface area contributed by atoms with Gasteiger partial charge in [-0.2, -0.15) is 0 Å². The topological polar surface area (TPSA) is 71.4 Å². The summed E-state index contributed by atoms with van der Waals surface area (Å²) in [6.45, 7) is 3.89. The summed E-state index contributed by atoms with van der Waals surface area (Å²) < 4.78 is 2.28. The van der Waals surface area contributed by atoms with E-state index in [1.807, 2.05) is 6.20 Å². The molecule has 2 aromatic rings. The van der Waals surface area contributed by atoms with Gasteiger partial charge in [-0.1, -0.05) is 6.42 Å². The fourth-order valence-electron chi connectivity index (χ4n) is 2.56. The number of fused-ring (bicyclic) bond motifs is 1. The van der Waals surface area contributed by atoms with E-state index in [9.17, 15) is 0 Å². The zero-order valence-electron chi connectivity index (χ0n) is 11.3. The van der Waals surface area contributed by atoms with E-state index in [0.717, 1.165) is 37.0 Å². The second-order valence-corrected chi connectivity index (χ2v) is 5.08. The average Bonchev–Trinajstić information content (AvgIpc) is 3.02. The predicted molar refractivity (Wildman–Crippen MR) is 71.4 cm³/mol. The van der Waals surface area contributed by atoms with Gasteiger partial charge in [0.15, 0.2) is 0 Å². The van der Waals surface area contributed by atoms with Gasteiger partial charge in [-0.15, -0.1) is 10.2 Å². The van der Waals surface area contributed by atoms with Gasteiger partial charge in [0.1, 0.15) is 17.5 Å². The van der Waals surface area contributed by atoms with Crippen LogP contribution in [0.5, 0.6) is 0 Å². The maximum absolute atomic E-state index is 4.36. The van der Waals surface area contributed by atoms with E-state index in [4.69, 9.17) is 0 Å². The first-order chi connectivity index (χ1) is 9.34. The van der Waals surface area contributed by atoms with Gasteiger partial charge in [0.2, 0.25) is 0 Å². The predicted octanol–water partition coefficient (Wildman–Crippen LogP) is 1.58. The highest BCUT2D eigenvalue weighted by molar-refractivity contribution is 5.02. The quantitative estimate of drug-likeness (QED) is 0.875. The van der Waals surface area contributed by atoms with Gasteiger partial charge in [0.05, 0.1) is 12.6 Å². The molecule has 3 heterocycles. The fraction of sp³-hybridized carbons (Fsp3) is 0.615. The lowest BCUT2D eigenvalue weighted by molar-refractivity contribution is 0.496. The van der Waals surface area contributed by atoms with Crippen LogP contribution in [-0.2, 0) is 19.5 Å². The third kappa shape index (κ3) is 2.68. The summed E-state index contributed by atoms with van der Waals surface area (Å²) in [6.07, 6.45) is 8.40. The number of aromatic amines is 1. The largest absolute Gasteiger partial charge is 0.348 e. The number of hydrogen-bond acceptors (Lipinski definition) is 4. The summed E-state index contributed by atoms with van der Waals surface area (Å²) in [5, 5.41) is 12.1. The molecule has 102 valence electrons. The summed E-state index contributed by atoms with van der Waals surface area (Å²) >= 11 is 0. The van der Waals surface area contributed by atoms with Crippen LogP contribution in [0.15, 0.2) is 12.4 Å². The van der Waals surface area contributed by atoms with Crippen molar-refractivity contribution in [2.75, 3.05) is 0 Å². The Bertz CT molecular complexity index is 515. The maximum Gasteiger partial charge on any atom is 0.149 e. The summed E-state index contributed by atoms with van der Waals surface area (Å²) in [5.74, 6) is 3.13. The zero-order valence-corrected chi connectivity index (χ0v) is 11.3. The molecule has 0 aliphatic carbocycles. The molecule has 2 aromatic heterocycles. The van der Waals surface area contributed by atoms with Crippen molar-refractivity contribution in [1.82, 2.24) is 30.0 Å². The molecule has 1 atom stereocenters.